The van der Waals surface area contributed by atoms with Gasteiger partial charge in [-0.15, -0.1) is 0 Å². The predicted octanol–water partition coefficient (Wildman–Crippen LogP) is 29.9. The zero-order valence-electron chi connectivity index (χ0n) is 69.2. The van der Waals surface area contributed by atoms with E-state index in [2.05, 4.69) is 374 Å². The Morgan fingerprint density at radius 1 is 0.133 bits per heavy atom. The molecule has 0 saturated heterocycles. The van der Waals surface area contributed by atoms with Gasteiger partial charge in [-0.2, -0.15) is 0 Å². The summed E-state index contributed by atoms with van der Waals surface area (Å²) in [7, 11) is 0. The van der Waals surface area contributed by atoms with Crippen LogP contribution >= 0.6 is 0 Å². The number of nitrogens with zero attached hydrogens (tertiary/aromatic N) is 10. The van der Waals surface area contributed by atoms with Gasteiger partial charge in [0.2, 0.25) is 0 Å². The molecule has 10 aromatic heterocycles. The summed E-state index contributed by atoms with van der Waals surface area (Å²) in [5.41, 5.74) is 33.7. The molecule has 0 amide bonds. The summed E-state index contributed by atoms with van der Waals surface area (Å²) in [4.78, 5) is 50.6. The Morgan fingerprint density at radius 3 is 0.922 bits per heavy atom. The summed E-state index contributed by atoms with van der Waals surface area (Å²) in [6, 6.07) is 148. The molecule has 0 aliphatic carbocycles. The molecule has 24 rings (SSSR count). The van der Waals surface area contributed by atoms with Gasteiger partial charge in [0.05, 0.1) is 90.0 Å². The Bertz CT molecular complexity index is 8160. The lowest BCUT2D eigenvalue weighted by molar-refractivity contribution is 1.25. The molecule has 10 heteroatoms. The van der Waals surface area contributed by atoms with Crippen molar-refractivity contribution in [2.24, 2.45) is 0 Å². The number of pyridine rings is 10. The molecule has 0 unspecified atom stereocenters. The van der Waals surface area contributed by atoms with Crippen LogP contribution in [-0.2, 0) is 0 Å². The van der Waals surface area contributed by atoms with Crippen LogP contribution < -0.4 is 0 Å². The molecule has 0 N–H and O–H groups in total. The van der Waals surface area contributed by atoms with Crippen LogP contribution in [0.5, 0.6) is 0 Å². The molecule has 0 radical (unpaired) electrons. The van der Waals surface area contributed by atoms with E-state index in [0.717, 1.165) is 227 Å². The smallest absolute Gasteiger partial charge is 0.0978 e. The summed E-state index contributed by atoms with van der Waals surface area (Å²) in [6.07, 6.45) is 7.51. The molecule has 0 saturated carbocycles. The number of para-hydroxylation sites is 2. The molecule has 14 aromatic carbocycles. The highest BCUT2D eigenvalue weighted by Gasteiger charge is 2.21. The van der Waals surface area contributed by atoms with Gasteiger partial charge in [-0.05, 0) is 181 Å². The van der Waals surface area contributed by atoms with Crippen LogP contribution in [0.15, 0.2) is 449 Å². The first-order valence-electron chi connectivity index (χ1n) is 42.9. The molecule has 0 aliphatic rings. The zero-order chi connectivity index (χ0) is 84.8. The van der Waals surface area contributed by atoms with Gasteiger partial charge in [0.15, 0.2) is 0 Å². The first-order valence-corrected chi connectivity index (χ1v) is 42.9. The topological polar surface area (TPSA) is 129 Å². The lowest BCUT2D eigenvalue weighted by Crippen LogP contribution is -1.94. The number of hydrogen-bond acceptors (Lipinski definition) is 10. The summed E-state index contributed by atoms with van der Waals surface area (Å²) in [6.45, 7) is 0. The van der Waals surface area contributed by atoms with Crippen molar-refractivity contribution >= 4 is 87.0 Å². The fourth-order valence-electron chi connectivity index (χ4n) is 17.8. The lowest BCUT2D eigenvalue weighted by Gasteiger charge is -2.14. The fourth-order valence-corrected chi connectivity index (χ4v) is 17.8. The van der Waals surface area contributed by atoms with Crippen molar-refractivity contribution in [3.63, 3.8) is 0 Å². The van der Waals surface area contributed by atoms with Gasteiger partial charge in [-0.1, -0.05) is 309 Å². The van der Waals surface area contributed by atoms with E-state index in [1.807, 2.05) is 85.5 Å². The minimum Gasteiger partial charge on any atom is -0.256 e. The number of rotatable bonds is 14. The third-order valence-corrected chi connectivity index (χ3v) is 24.3. The van der Waals surface area contributed by atoms with E-state index < -0.39 is 0 Å². The van der Waals surface area contributed by atoms with Crippen molar-refractivity contribution in [2.75, 3.05) is 0 Å². The van der Waals surface area contributed by atoms with Crippen LogP contribution in [-0.4, -0.2) is 49.8 Å². The Morgan fingerprint density at radius 2 is 0.477 bits per heavy atom. The molecular formula is C118H74N10. The van der Waals surface area contributed by atoms with Gasteiger partial charge in [-0.25, -0.2) is 29.9 Å². The van der Waals surface area contributed by atoms with Gasteiger partial charge in [0.25, 0.3) is 0 Å². The second-order valence-corrected chi connectivity index (χ2v) is 32.2. The van der Waals surface area contributed by atoms with Gasteiger partial charge < -0.3 is 0 Å². The van der Waals surface area contributed by atoms with E-state index >= 15 is 0 Å². The third kappa shape index (κ3) is 14.7. The van der Waals surface area contributed by atoms with Crippen molar-refractivity contribution in [1.29, 1.82) is 0 Å². The standard InChI is InChI=1S/C63H39N5.C55H35N5/c1-3-11-40(12-4-1)49-28-31-58(65-39-49)60-38-52(37-59(66-60)42-20-18-41(19-21-42)55-16-9-10-32-64-55)47-23-22-45-34-51-36-48(25-24-46(51)33-50(45)35-47)56-30-27-44-26-29-54-61(43-13-5-2-6-14-43)53-15-7-8-17-57(53)68-63(54)62(44)67-56;1-3-12-36(13-4-1)43-27-30-50(57-35-43)52-34-44(33-51(58-52)38-23-21-37(22-24-38)47-19-9-10-31-56-47)41-16-11-17-42(32-41)48-29-26-40-25-28-46-53(39-14-5-2-6-15-39)45-18-7-8-20-49(45)60-55(46)54(40)59-48/h1-39H;1-35H. The number of benzene rings is 14. The third-order valence-electron chi connectivity index (χ3n) is 24.3. The number of hydrogen-bond donors (Lipinski definition) is 0. The van der Waals surface area contributed by atoms with Crippen LogP contribution in [0.3, 0.4) is 0 Å². The Labute approximate surface area is 738 Å². The van der Waals surface area contributed by atoms with Crippen LogP contribution in [0.25, 0.3) is 244 Å². The van der Waals surface area contributed by atoms with Gasteiger partial charge in [0, 0.05) is 113 Å². The van der Waals surface area contributed by atoms with Crippen molar-refractivity contribution in [1.82, 2.24) is 49.8 Å². The Balaban J connectivity index is 0.000000148. The van der Waals surface area contributed by atoms with E-state index in [1.54, 1.807) is 0 Å². The molecule has 10 nitrogen and oxygen atoms in total. The first-order chi connectivity index (χ1) is 63.4. The maximum atomic E-state index is 5.36. The molecule has 0 spiro atoms. The SMILES string of the molecule is c1ccc(-c2ccc(-c3cc(-c4ccc5cc6cc(-c7ccc8ccc9c(-c%10ccccc%10)c%10ccccc%10nc9c8n7)ccc6cc5c4)cc(-c4ccc(-c5ccccn5)cc4)n3)nc2)cc1.c1ccc(-c2ccc(-c3cc(-c4cccc(-c5ccc6ccc7c(-c8ccccc8)c8ccccc8nc7c6n5)c4)cc(-c4ccc(-c5ccccn5)cc4)n3)nc2)cc1. The van der Waals surface area contributed by atoms with E-state index in [4.69, 9.17) is 39.9 Å². The molecule has 0 aliphatic heterocycles. The maximum absolute atomic E-state index is 5.36. The molecule has 10 heterocycles. The van der Waals surface area contributed by atoms with Crippen molar-refractivity contribution in [2.45, 2.75) is 0 Å². The molecule has 0 atom stereocenters. The number of aromatic nitrogens is 10. The summed E-state index contributed by atoms with van der Waals surface area (Å²) in [5, 5.41) is 11.2. The first kappa shape index (κ1) is 75.6. The van der Waals surface area contributed by atoms with Crippen LogP contribution in [0, 0.1) is 0 Å². The monoisotopic (exact) mass is 1630 g/mol. The normalized spacial score (nSPS) is 11.4. The molecule has 128 heavy (non-hydrogen) atoms. The van der Waals surface area contributed by atoms with E-state index in [9.17, 15) is 0 Å². The molecule has 24 aromatic rings. The van der Waals surface area contributed by atoms with Crippen LogP contribution in [0.2, 0.25) is 0 Å². The maximum Gasteiger partial charge on any atom is 0.0978 e. The fraction of sp³-hybridized carbons (Fsp3) is 0. The van der Waals surface area contributed by atoms with Crippen LogP contribution in [0.4, 0.5) is 0 Å². The Kier molecular flexibility index (Phi) is 19.4. The number of fused-ring (bicyclic) bond motifs is 10. The van der Waals surface area contributed by atoms with E-state index in [1.165, 1.54) is 16.7 Å². The minimum atomic E-state index is 0.795. The van der Waals surface area contributed by atoms with Crippen molar-refractivity contribution in [3.8, 4) is 157 Å². The van der Waals surface area contributed by atoms with Crippen molar-refractivity contribution in [3.05, 3.63) is 449 Å². The predicted molar refractivity (Wildman–Crippen MR) is 527 cm³/mol. The lowest BCUT2D eigenvalue weighted by atomic mass is 9.95. The summed E-state index contributed by atoms with van der Waals surface area (Å²) in [5.74, 6) is 0. The van der Waals surface area contributed by atoms with E-state index in [0.29, 0.717) is 0 Å². The average molecular weight is 1630 g/mol. The quantitative estimate of drug-likeness (QED) is 0.0766. The summed E-state index contributed by atoms with van der Waals surface area (Å²) >= 11 is 0. The molecule has 596 valence electrons. The van der Waals surface area contributed by atoms with E-state index in [-0.39, 0.29) is 0 Å². The zero-order valence-corrected chi connectivity index (χ0v) is 69.2. The van der Waals surface area contributed by atoms with Gasteiger partial charge >= 0.3 is 0 Å². The largest absolute Gasteiger partial charge is 0.256 e. The van der Waals surface area contributed by atoms with Crippen LogP contribution in [0.1, 0.15) is 0 Å². The van der Waals surface area contributed by atoms with Gasteiger partial charge in [0.1, 0.15) is 0 Å². The second kappa shape index (κ2) is 32.8. The summed E-state index contributed by atoms with van der Waals surface area (Å²) < 4.78 is 0. The van der Waals surface area contributed by atoms with Crippen molar-refractivity contribution < 1.29 is 0 Å². The highest BCUT2D eigenvalue weighted by Crippen LogP contribution is 2.43. The minimum absolute atomic E-state index is 0.795. The average Bonchev–Trinajstić information content (AvgIpc) is 0.771. The highest BCUT2D eigenvalue weighted by atomic mass is 14.8. The molecule has 0 fully saturated rings. The van der Waals surface area contributed by atoms with Gasteiger partial charge in [-0.3, -0.25) is 19.9 Å². The Hall–Kier alpha value is -17.3. The molecule has 0 bridgehead atoms. The second-order valence-electron chi connectivity index (χ2n) is 32.2. The highest BCUT2D eigenvalue weighted by molar-refractivity contribution is 6.18. The molecular weight excluding hydrogens is 1560 g/mol.